The van der Waals surface area contributed by atoms with Crippen LogP contribution in [-0.4, -0.2) is 29.6 Å². The van der Waals surface area contributed by atoms with Gasteiger partial charge in [0, 0.05) is 11.9 Å². The standard InChI is InChI=1S/C10H10N2O3S/c13-9-5-2-1-3-12(5)6-4-16-8(10(14)15)7(6)11-9/h4-5H,1-3H2,(H,11,13)(H,14,15)/t5-/m0/s1. The summed E-state index contributed by atoms with van der Waals surface area (Å²) in [7, 11) is 0. The van der Waals surface area contributed by atoms with E-state index in [-0.39, 0.29) is 16.8 Å². The molecule has 0 unspecified atom stereocenters. The van der Waals surface area contributed by atoms with E-state index >= 15 is 0 Å². The summed E-state index contributed by atoms with van der Waals surface area (Å²) in [5.74, 6) is -1.06. The molecule has 0 bridgehead atoms. The molecule has 84 valence electrons. The van der Waals surface area contributed by atoms with E-state index in [0.717, 1.165) is 25.1 Å². The van der Waals surface area contributed by atoms with E-state index in [4.69, 9.17) is 5.11 Å². The second-order valence-electron chi connectivity index (χ2n) is 3.97. The van der Waals surface area contributed by atoms with Gasteiger partial charge < -0.3 is 15.3 Å². The predicted molar refractivity (Wildman–Crippen MR) is 60.3 cm³/mol. The third kappa shape index (κ3) is 1.16. The SMILES string of the molecule is O=C(O)c1scc2c1NC(=O)[C@@H]1CCCN21. The maximum Gasteiger partial charge on any atom is 0.348 e. The number of aromatic carboxylic acids is 1. The lowest BCUT2D eigenvalue weighted by Gasteiger charge is -2.31. The average molecular weight is 238 g/mol. The average Bonchev–Trinajstić information content (AvgIpc) is 2.80. The van der Waals surface area contributed by atoms with E-state index in [1.165, 1.54) is 11.3 Å². The van der Waals surface area contributed by atoms with Crippen LogP contribution in [0.25, 0.3) is 0 Å². The van der Waals surface area contributed by atoms with Gasteiger partial charge in [-0.25, -0.2) is 4.79 Å². The molecule has 0 aliphatic carbocycles. The smallest absolute Gasteiger partial charge is 0.348 e. The molecule has 16 heavy (non-hydrogen) atoms. The van der Waals surface area contributed by atoms with E-state index in [1.807, 2.05) is 10.3 Å². The van der Waals surface area contributed by atoms with Crippen LogP contribution < -0.4 is 10.2 Å². The number of fused-ring (bicyclic) bond motifs is 3. The summed E-state index contributed by atoms with van der Waals surface area (Å²) in [6.07, 6.45) is 1.83. The zero-order valence-corrected chi connectivity index (χ0v) is 9.21. The summed E-state index contributed by atoms with van der Waals surface area (Å²) in [6.45, 7) is 0.834. The molecule has 3 rings (SSSR count). The number of carbonyl (C=O) groups is 2. The second-order valence-corrected chi connectivity index (χ2v) is 4.85. The van der Waals surface area contributed by atoms with Crippen molar-refractivity contribution in [3.05, 3.63) is 10.3 Å². The van der Waals surface area contributed by atoms with Gasteiger partial charge in [-0.05, 0) is 12.8 Å². The fraction of sp³-hybridized carbons (Fsp3) is 0.400. The van der Waals surface area contributed by atoms with Crippen molar-refractivity contribution in [1.82, 2.24) is 0 Å². The van der Waals surface area contributed by atoms with Crippen molar-refractivity contribution in [3.63, 3.8) is 0 Å². The number of hydrogen-bond donors (Lipinski definition) is 2. The highest BCUT2D eigenvalue weighted by atomic mass is 32.1. The summed E-state index contributed by atoms with van der Waals surface area (Å²) >= 11 is 1.17. The van der Waals surface area contributed by atoms with Crippen LogP contribution in [0.3, 0.4) is 0 Å². The van der Waals surface area contributed by atoms with Gasteiger partial charge in [-0.1, -0.05) is 0 Å². The molecule has 2 N–H and O–H groups in total. The zero-order valence-electron chi connectivity index (χ0n) is 8.40. The number of anilines is 2. The maximum atomic E-state index is 11.8. The normalized spacial score (nSPS) is 22.6. The lowest BCUT2D eigenvalue weighted by Crippen LogP contribution is -2.43. The number of amides is 1. The second kappa shape index (κ2) is 3.21. The van der Waals surface area contributed by atoms with Crippen molar-refractivity contribution in [2.75, 3.05) is 16.8 Å². The first-order valence-corrected chi connectivity index (χ1v) is 5.98. The highest BCUT2D eigenvalue weighted by Gasteiger charge is 2.38. The number of carboxylic acids is 1. The minimum absolute atomic E-state index is 0.0779. The minimum atomic E-state index is -0.982. The quantitative estimate of drug-likeness (QED) is 0.775. The molecule has 1 atom stereocenters. The third-order valence-corrected chi connectivity index (χ3v) is 4.03. The van der Waals surface area contributed by atoms with E-state index in [9.17, 15) is 9.59 Å². The van der Waals surface area contributed by atoms with Gasteiger partial charge in [-0.2, -0.15) is 0 Å². The molecule has 5 nitrogen and oxygen atoms in total. The number of carbonyl (C=O) groups excluding carboxylic acids is 1. The Morgan fingerprint density at radius 3 is 3.19 bits per heavy atom. The summed E-state index contributed by atoms with van der Waals surface area (Å²) in [6, 6.07) is -0.108. The van der Waals surface area contributed by atoms with Gasteiger partial charge in [0.2, 0.25) is 5.91 Å². The van der Waals surface area contributed by atoms with E-state index in [1.54, 1.807) is 0 Å². The Morgan fingerprint density at radius 2 is 2.44 bits per heavy atom. The van der Waals surface area contributed by atoms with Crippen LogP contribution in [0, 0.1) is 0 Å². The molecule has 1 saturated heterocycles. The van der Waals surface area contributed by atoms with Crippen LogP contribution in [-0.2, 0) is 4.79 Å². The Hall–Kier alpha value is -1.56. The van der Waals surface area contributed by atoms with Crippen LogP contribution in [0.2, 0.25) is 0 Å². The van der Waals surface area contributed by atoms with Crippen LogP contribution in [0.4, 0.5) is 11.4 Å². The molecule has 0 saturated carbocycles. The first kappa shape index (κ1) is 9.65. The molecule has 6 heteroatoms. The lowest BCUT2D eigenvalue weighted by atomic mass is 10.1. The summed E-state index contributed by atoms with van der Waals surface area (Å²) in [5.41, 5.74) is 1.34. The van der Waals surface area contributed by atoms with Crippen molar-refractivity contribution in [1.29, 1.82) is 0 Å². The molecule has 1 aromatic heterocycles. The largest absolute Gasteiger partial charge is 0.477 e. The molecule has 1 aromatic rings. The van der Waals surface area contributed by atoms with Crippen molar-refractivity contribution in [2.24, 2.45) is 0 Å². The number of nitrogens with zero attached hydrogens (tertiary/aromatic N) is 1. The van der Waals surface area contributed by atoms with Crippen LogP contribution in [0.1, 0.15) is 22.5 Å². The molecule has 0 aromatic carbocycles. The third-order valence-electron chi connectivity index (χ3n) is 3.08. The van der Waals surface area contributed by atoms with Crippen LogP contribution in [0.15, 0.2) is 5.38 Å². The highest BCUT2D eigenvalue weighted by Crippen LogP contribution is 2.42. The zero-order chi connectivity index (χ0) is 11.3. The van der Waals surface area contributed by atoms with Gasteiger partial charge >= 0.3 is 5.97 Å². The Bertz CT molecular complexity index is 482. The molecular formula is C10H10N2O3S. The first-order chi connectivity index (χ1) is 7.68. The van der Waals surface area contributed by atoms with Crippen LogP contribution >= 0.6 is 11.3 Å². The molecule has 0 spiro atoms. The van der Waals surface area contributed by atoms with E-state index in [2.05, 4.69) is 5.32 Å². The van der Waals surface area contributed by atoms with Gasteiger partial charge in [0.15, 0.2) is 0 Å². The fourth-order valence-corrected chi connectivity index (χ4v) is 3.23. The number of nitrogens with one attached hydrogen (secondary N) is 1. The molecular weight excluding hydrogens is 228 g/mol. The molecule has 1 fully saturated rings. The van der Waals surface area contributed by atoms with Gasteiger partial charge in [-0.3, -0.25) is 4.79 Å². The highest BCUT2D eigenvalue weighted by molar-refractivity contribution is 7.13. The van der Waals surface area contributed by atoms with E-state index in [0.29, 0.717) is 5.69 Å². The molecule has 2 aliphatic rings. The predicted octanol–water partition coefficient (Wildman–Crippen LogP) is 1.37. The first-order valence-electron chi connectivity index (χ1n) is 5.11. The molecule has 2 aliphatic heterocycles. The number of hydrogen-bond acceptors (Lipinski definition) is 4. The minimum Gasteiger partial charge on any atom is -0.477 e. The van der Waals surface area contributed by atoms with Gasteiger partial charge in [0.1, 0.15) is 10.9 Å². The number of rotatable bonds is 1. The molecule has 0 radical (unpaired) electrons. The van der Waals surface area contributed by atoms with Gasteiger partial charge in [0.05, 0.1) is 11.4 Å². The Kier molecular flexibility index (Phi) is 1.94. The van der Waals surface area contributed by atoms with Crippen molar-refractivity contribution < 1.29 is 14.7 Å². The Labute approximate surface area is 95.7 Å². The molecule has 1 amide bonds. The van der Waals surface area contributed by atoms with Crippen molar-refractivity contribution in [3.8, 4) is 0 Å². The van der Waals surface area contributed by atoms with Crippen molar-refractivity contribution >= 4 is 34.6 Å². The van der Waals surface area contributed by atoms with Crippen molar-refractivity contribution in [2.45, 2.75) is 18.9 Å². The van der Waals surface area contributed by atoms with Gasteiger partial charge in [0.25, 0.3) is 0 Å². The number of carboxylic acid groups (broad SMARTS) is 1. The maximum absolute atomic E-state index is 11.8. The Balaban J connectivity index is 2.11. The molecule has 3 heterocycles. The monoisotopic (exact) mass is 238 g/mol. The topological polar surface area (TPSA) is 69.6 Å². The van der Waals surface area contributed by atoms with Crippen LogP contribution in [0.5, 0.6) is 0 Å². The lowest BCUT2D eigenvalue weighted by molar-refractivity contribution is -0.117. The summed E-state index contributed by atoms with van der Waals surface area (Å²) in [4.78, 5) is 25.0. The fourth-order valence-electron chi connectivity index (χ4n) is 2.37. The summed E-state index contributed by atoms with van der Waals surface area (Å²) in [5, 5.41) is 13.5. The number of thiophene rings is 1. The Morgan fingerprint density at radius 1 is 1.62 bits per heavy atom. The van der Waals surface area contributed by atoms with Gasteiger partial charge in [-0.15, -0.1) is 11.3 Å². The van der Waals surface area contributed by atoms with E-state index < -0.39 is 5.97 Å². The summed E-state index contributed by atoms with van der Waals surface area (Å²) < 4.78 is 0.